The summed E-state index contributed by atoms with van der Waals surface area (Å²) in [5, 5.41) is 0. The van der Waals surface area contributed by atoms with Crippen LogP contribution in [-0.4, -0.2) is 19.6 Å². The van der Waals surface area contributed by atoms with Gasteiger partial charge in [-0.3, -0.25) is 4.79 Å². The van der Waals surface area contributed by atoms with Crippen LogP contribution >= 0.6 is 22.6 Å². The van der Waals surface area contributed by atoms with E-state index in [1.54, 1.807) is 19.2 Å². The fourth-order valence-corrected chi connectivity index (χ4v) is 2.03. The zero-order chi connectivity index (χ0) is 12.8. The van der Waals surface area contributed by atoms with E-state index in [2.05, 4.69) is 29.5 Å². The zero-order valence-electron chi connectivity index (χ0n) is 9.96. The summed E-state index contributed by atoms with van der Waals surface area (Å²) < 4.78 is 11.6. The van der Waals surface area contributed by atoms with Crippen LogP contribution in [-0.2, 0) is 0 Å². The van der Waals surface area contributed by atoms with Crippen LogP contribution in [0.1, 0.15) is 30.1 Å². The van der Waals surface area contributed by atoms with Crippen LogP contribution in [0.3, 0.4) is 0 Å². The van der Waals surface area contributed by atoms with Crippen LogP contribution in [0.15, 0.2) is 12.1 Å². The number of hydrogen-bond donors (Lipinski definition) is 1. The van der Waals surface area contributed by atoms with Crippen LogP contribution in [0.5, 0.6) is 11.5 Å². The molecular weight excluding hydrogens is 333 g/mol. The molecule has 0 aliphatic heterocycles. The Bertz CT molecular complexity index is 407. The largest absolute Gasteiger partial charge is 0.493 e. The maximum Gasteiger partial charge on any atom is 0.249 e. The highest BCUT2D eigenvalue weighted by Crippen LogP contribution is 2.31. The van der Waals surface area contributed by atoms with Gasteiger partial charge >= 0.3 is 0 Å². The molecule has 1 aromatic carbocycles. The molecule has 0 fully saturated rings. The van der Waals surface area contributed by atoms with Gasteiger partial charge in [0.15, 0.2) is 11.5 Å². The fourth-order valence-electron chi connectivity index (χ4n) is 1.32. The molecule has 4 nitrogen and oxygen atoms in total. The molecule has 0 aliphatic carbocycles. The molecule has 5 heteroatoms. The molecule has 0 unspecified atom stereocenters. The maximum absolute atomic E-state index is 11.2. The average molecular weight is 349 g/mol. The van der Waals surface area contributed by atoms with Crippen molar-refractivity contribution in [3.05, 3.63) is 21.3 Å². The lowest BCUT2D eigenvalue weighted by Gasteiger charge is -2.12. The van der Waals surface area contributed by atoms with E-state index in [9.17, 15) is 4.79 Å². The van der Waals surface area contributed by atoms with Gasteiger partial charge < -0.3 is 15.2 Å². The second-order valence-electron chi connectivity index (χ2n) is 3.55. The number of unbranched alkanes of at least 4 members (excludes halogenated alkanes) is 1. The smallest absolute Gasteiger partial charge is 0.249 e. The van der Waals surface area contributed by atoms with Gasteiger partial charge in [-0.15, -0.1) is 0 Å². The van der Waals surface area contributed by atoms with Crippen LogP contribution in [0.2, 0.25) is 0 Å². The normalized spacial score (nSPS) is 10.1. The highest BCUT2D eigenvalue weighted by molar-refractivity contribution is 14.1. The molecule has 0 spiro atoms. The third kappa shape index (κ3) is 3.76. The molecular formula is C12H16INO3. The second-order valence-corrected chi connectivity index (χ2v) is 4.71. The minimum atomic E-state index is -0.465. The average Bonchev–Trinajstić information content (AvgIpc) is 2.29. The summed E-state index contributed by atoms with van der Waals surface area (Å²) in [5.41, 5.74) is 5.72. The van der Waals surface area contributed by atoms with Gasteiger partial charge in [-0.2, -0.15) is 0 Å². The number of amides is 1. The highest BCUT2D eigenvalue weighted by Gasteiger charge is 2.13. The molecule has 0 saturated carbocycles. The predicted molar refractivity (Wildman–Crippen MR) is 74.6 cm³/mol. The molecule has 0 radical (unpaired) electrons. The summed E-state index contributed by atoms with van der Waals surface area (Å²) in [4.78, 5) is 11.2. The fraction of sp³-hybridized carbons (Fsp3) is 0.417. The topological polar surface area (TPSA) is 61.5 Å². The Labute approximate surface area is 115 Å². The van der Waals surface area contributed by atoms with E-state index in [-0.39, 0.29) is 0 Å². The number of carbonyl (C=O) groups is 1. The minimum Gasteiger partial charge on any atom is -0.493 e. The lowest BCUT2D eigenvalue weighted by atomic mass is 10.2. The number of methoxy groups -OCH3 is 1. The lowest BCUT2D eigenvalue weighted by Crippen LogP contribution is -2.13. The first-order valence-electron chi connectivity index (χ1n) is 5.40. The monoisotopic (exact) mass is 349 g/mol. The molecule has 0 saturated heterocycles. The Hall–Kier alpha value is -0.980. The Morgan fingerprint density at radius 1 is 1.41 bits per heavy atom. The van der Waals surface area contributed by atoms with Crippen LogP contribution in [0.25, 0.3) is 0 Å². The van der Waals surface area contributed by atoms with Gasteiger partial charge in [0.25, 0.3) is 0 Å². The minimum absolute atomic E-state index is 0.449. The van der Waals surface area contributed by atoms with Gasteiger partial charge in [-0.1, -0.05) is 13.3 Å². The molecule has 0 heterocycles. The van der Waals surface area contributed by atoms with E-state index in [1.807, 2.05) is 0 Å². The van der Waals surface area contributed by atoms with Gasteiger partial charge in [-0.25, -0.2) is 0 Å². The molecule has 17 heavy (non-hydrogen) atoms. The molecule has 1 aromatic rings. The molecule has 0 bridgehead atoms. The highest BCUT2D eigenvalue weighted by atomic mass is 127. The van der Waals surface area contributed by atoms with Gasteiger partial charge in [0.2, 0.25) is 5.91 Å². The van der Waals surface area contributed by atoms with Crippen molar-refractivity contribution in [3.63, 3.8) is 0 Å². The Kier molecular flexibility index (Phi) is 5.54. The van der Waals surface area contributed by atoms with E-state index >= 15 is 0 Å². The molecule has 94 valence electrons. The number of ether oxygens (including phenoxy) is 2. The first-order valence-corrected chi connectivity index (χ1v) is 6.48. The molecule has 1 amide bonds. The predicted octanol–water partition coefficient (Wildman–Crippen LogP) is 2.58. The SMILES string of the molecule is CCCCOc1cc(I)c(C(N)=O)cc1OC. The first-order chi connectivity index (χ1) is 8.10. The molecule has 0 aromatic heterocycles. The van der Waals surface area contributed by atoms with E-state index in [1.165, 1.54) is 0 Å². The molecule has 2 N–H and O–H groups in total. The lowest BCUT2D eigenvalue weighted by molar-refractivity contribution is 0.0999. The van der Waals surface area contributed by atoms with E-state index in [0.29, 0.717) is 23.7 Å². The Morgan fingerprint density at radius 3 is 2.65 bits per heavy atom. The van der Waals surface area contributed by atoms with Crippen molar-refractivity contribution in [2.24, 2.45) is 5.73 Å². The van der Waals surface area contributed by atoms with Gasteiger partial charge in [0, 0.05) is 3.57 Å². The standard InChI is InChI=1S/C12H16INO3/c1-3-4-5-17-11-7-9(13)8(12(14)15)6-10(11)16-2/h6-7H,3-5H2,1-2H3,(H2,14,15). The zero-order valence-corrected chi connectivity index (χ0v) is 12.1. The van der Waals surface area contributed by atoms with Gasteiger partial charge in [0.1, 0.15) is 0 Å². The molecule has 0 atom stereocenters. The summed E-state index contributed by atoms with van der Waals surface area (Å²) in [6, 6.07) is 3.39. The number of primary amides is 1. The quantitative estimate of drug-likeness (QED) is 0.634. The number of hydrogen-bond acceptors (Lipinski definition) is 3. The number of rotatable bonds is 6. The van der Waals surface area contributed by atoms with Crippen molar-refractivity contribution >= 4 is 28.5 Å². The van der Waals surface area contributed by atoms with E-state index < -0.39 is 5.91 Å². The maximum atomic E-state index is 11.2. The van der Waals surface area contributed by atoms with Crippen molar-refractivity contribution in [1.82, 2.24) is 0 Å². The van der Waals surface area contributed by atoms with Gasteiger partial charge in [-0.05, 0) is 41.1 Å². The third-order valence-electron chi connectivity index (χ3n) is 2.27. The summed E-state index contributed by atoms with van der Waals surface area (Å²) in [6.45, 7) is 2.74. The first kappa shape index (κ1) is 14.1. The summed E-state index contributed by atoms with van der Waals surface area (Å²) in [6.07, 6.45) is 2.05. The van der Waals surface area contributed by atoms with E-state index in [4.69, 9.17) is 15.2 Å². The number of benzene rings is 1. The van der Waals surface area contributed by atoms with Gasteiger partial charge in [0.05, 0.1) is 19.3 Å². The number of carbonyl (C=O) groups excluding carboxylic acids is 1. The van der Waals surface area contributed by atoms with Crippen molar-refractivity contribution in [1.29, 1.82) is 0 Å². The van der Waals surface area contributed by atoms with Crippen molar-refractivity contribution < 1.29 is 14.3 Å². The Balaban J connectivity index is 2.97. The van der Waals surface area contributed by atoms with Crippen molar-refractivity contribution in [2.75, 3.05) is 13.7 Å². The van der Waals surface area contributed by atoms with Crippen LogP contribution in [0, 0.1) is 3.57 Å². The van der Waals surface area contributed by atoms with Crippen molar-refractivity contribution in [2.45, 2.75) is 19.8 Å². The Morgan fingerprint density at radius 2 is 2.12 bits per heavy atom. The summed E-state index contributed by atoms with van der Waals surface area (Å²) in [5.74, 6) is 0.721. The number of halogens is 1. The second kappa shape index (κ2) is 6.68. The number of nitrogens with two attached hydrogens (primary N) is 1. The summed E-state index contributed by atoms with van der Waals surface area (Å²) >= 11 is 2.06. The molecule has 0 aliphatic rings. The summed E-state index contributed by atoms with van der Waals surface area (Å²) in [7, 11) is 1.54. The van der Waals surface area contributed by atoms with Crippen molar-refractivity contribution in [3.8, 4) is 11.5 Å². The third-order valence-corrected chi connectivity index (χ3v) is 3.17. The molecule has 1 rings (SSSR count). The van der Waals surface area contributed by atoms with Crippen LogP contribution < -0.4 is 15.2 Å². The van der Waals surface area contributed by atoms with E-state index in [0.717, 1.165) is 16.4 Å². The van der Waals surface area contributed by atoms with Crippen LogP contribution in [0.4, 0.5) is 0 Å².